The molecule has 134 valence electrons. The predicted molar refractivity (Wildman–Crippen MR) is 105 cm³/mol. The van der Waals surface area contributed by atoms with E-state index in [0.29, 0.717) is 0 Å². The first-order valence-electron chi connectivity index (χ1n) is 9.38. The summed E-state index contributed by atoms with van der Waals surface area (Å²) in [7, 11) is 0.874. The number of benzene rings is 1. The second kappa shape index (κ2) is 6.94. The fourth-order valence-electron chi connectivity index (χ4n) is 4.86. The Labute approximate surface area is 150 Å². The largest absolute Gasteiger partial charge is 0.497 e. The van der Waals surface area contributed by atoms with Crippen LogP contribution in [-0.4, -0.2) is 49.1 Å². The Morgan fingerprint density at radius 2 is 1.58 bits per heavy atom. The number of rotatable bonds is 4. The summed E-state index contributed by atoms with van der Waals surface area (Å²) in [6.07, 6.45) is 7.26. The molecule has 24 heavy (non-hydrogen) atoms. The minimum absolute atomic E-state index is 0.0265. The highest BCUT2D eigenvalue weighted by Crippen LogP contribution is 2.46. The van der Waals surface area contributed by atoms with E-state index >= 15 is 0 Å². The standard InChI is InChI=1S/C19H32O3Si2/c1-20-16-8-10-17(11-9-16)24(2,3)19(13-5-7-15-22-19)18(23)12-4-6-14-21-18/h8-11H,4-7,12-15H2,1-3,23H3. The number of hydrogen-bond acceptors (Lipinski definition) is 3. The van der Waals surface area contributed by atoms with Crippen LogP contribution < -0.4 is 9.92 Å². The van der Waals surface area contributed by atoms with Crippen LogP contribution in [0.5, 0.6) is 5.75 Å². The normalized spacial score (nSPS) is 31.8. The molecule has 0 spiro atoms. The lowest BCUT2D eigenvalue weighted by Crippen LogP contribution is -2.76. The van der Waals surface area contributed by atoms with Crippen LogP contribution in [0.3, 0.4) is 0 Å². The summed E-state index contributed by atoms with van der Waals surface area (Å²) < 4.78 is 18.6. The Bertz CT molecular complexity index is 544. The lowest BCUT2D eigenvalue weighted by atomic mass is 9.96. The van der Waals surface area contributed by atoms with Gasteiger partial charge in [-0.05, 0) is 50.7 Å². The maximum atomic E-state index is 6.72. The van der Waals surface area contributed by atoms with Crippen LogP contribution in [0.2, 0.25) is 13.1 Å². The molecule has 0 aromatic heterocycles. The summed E-state index contributed by atoms with van der Waals surface area (Å²) >= 11 is 0. The van der Waals surface area contributed by atoms with E-state index < -0.39 is 8.07 Å². The van der Waals surface area contributed by atoms with Gasteiger partial charge in [-0.15, -0.1) is 0 Å². The fourth-order valence-corrected chi connectivity index (χ4v) is 11.9. The molecule has 2 unspecified atom stereocenters. The van der Waals surface area contributed by atoms with E-state index in [0.717, 1.165) is 35.6 Å². The smallest absolute Gasteiger partial charge is 0.120 e. The van der Waals surface area contributed by atoms with Gasteiger partial charge < -0.3 is 14.2 Å². The fraction of sp³-hybridized carbons (Fsp3) is 0.684. The molecule has 2 atom stereocenters. The Hall–Kier alpha value is -0.626. The van der Waals surface area contributed by atoms with Crippen molar-refractivity contribution in [3.63, 3.8) is 0 Å². The summed E-state index contributed by atoms with van der Waals surface area (Å²) in [6.45, 7) is 6.76. The van der Waals surface area contributed by atoms with Gasteiger partial charge in [-0.1, -0.05) is 30.4 Å². The van der Waals surface area contributed by atoms with Crippen molar-refractivity contribution in [2.45, 2.75) is 62.1 Å². The van der Waals surface area contributed by atoms with Gasteiger partial charge >= 0.3 is 0 Å². The van der Waals surface area contributed by atoms with Crippen LogP contribution >= 0.6 is 0 Å². The summed E-state index contributed by atoms with van der Waals surface area (Å²) in [6, 6.07) is 8.72. The van der Waals surface area contributed by atoms with Crippen LogP contribution in [0.25, 0.3) is 0 Å². The van der Waals surface area contributed by atoms with Crippen LogP contribution in [0.4, 0.5) is 0 Å². The molecule has 2 fully saturated rings. The van der Waals surface area contributed by atoms with E-state index in [1.165, 1.54) is 37.3 Å². The van der Waals surface area contributed by atoms with Gasteiger partial charge in [-0.25, -0.2) is 0 Å². The first-order chi connectivity index (χ1) is 11.5. The lowest BCUT2D eigenvalue weighted by molar-refractivity contribution is -0.162. The minimum atomic E-state index is -1.89. The summed E-state index contributed by atoms with van der Waals surface area (Å²) in [5, 5.41) is 1.34. The van der Waals surface area contributed by atoms with Crippen molar-refractivity contribution in [3.05, 3.63) is 24.3 Å². The molecular weight excluding hydrogens is 332 g/mol. The average Bonchev–Trinajstić information content (AvgIpc) is 2.63. The number of methoxy groups -OCH3 is 1. The summed E-state index contributed by atoms with van der Waals surface area (Å²) in [5.41, 5.74) is 0. The number of hydrogen-bond donors (Lipinski definition) is 0. The monoisotopic (exact) mass is 364 g/mol. The van der Waals surface area contributed by atoms with Gasteiger partial charge in [0, 0.05) is 23.5 Å². The van der Waals surface area contributed by atoms with Crippen LogP contribution in [0.1, 0.15) is 38.5 Å². The van der Waals surface area contributed by atoms with Crippen molar-refractivity contribution in [3.8, 4) is 5.75 Å². The maximum Gasteiger partial charge on any atom is 0.120 e. The molecule has 0 radical (unpaired) electrons. The zero-order chi connectivity index (χ0) is 17.3. The van der Waals surface area contributed by atoms with E-state index in [1.807, 2.05) is 0 Å². The van der Waals surface area contributed by atoms with Gasteiger partial charge in [0.05, 0.1) is 17.6 Å². The Morgan fingerprint density at radius 3 is 2.08 bits per heavy atom. The molecule has 0 saturated carbocycles. The molecule has 0 amide bonds. The van der Waals surface area contributed by atoms with E-state index in [2.05, 4.69) is 37.4 Å². The lowest BCUT2D eigenvalue weighted by Gasteiger charge is -2.58. The van der Waals surface area contributed by atoms with Crippen molar-refractivity contribution in [1.82, 2.24) is 0 Å². The molecule has 3 rings (SSSR count). The van der Waals surface area contributed by atoms with Gasteiger partial charge in [0.15, 0.2) is 0 Å². The van der Waals surface area contributed by atoms with Gasteiger partial charge in [-0.3, -0.25) is 0 Å². The van der Waals surface area contributed by atoms with Gasteiger partial charge in [0.1, 0.15) is 13.8 Å². The molecular formula is C19H32O3Si2. The third-order valence-corrected chi connectivity index (χ3v) is 13.2. The molecule has 0 N–H and O–H groups in total. The van der Waals surface area contributed by atoms with Gasteiger partial charge in [0.25, 0.3) is 0 Å². The summed E-state index contributed by atoms with van der Waals surface area (Å²) in [5.74, 6) is 0.927. The van der Waals surface area contributed by atoms with E-state index in [1.54, 1.807) is 7.11 Å². The van der Waals surface area contributed by atoms with Crippen molar-refractivity contribution in [1.29, 1.82) is 0 Å². The third-order valence-electron chi connectivity index (χ3n) is 6.42. The third kappa shape index (κ3) is 2.89. The maximum absolute atomic E-state index is 6.72. The SMILES string of the molecule is COc1ccc([Si](C)(C)C2(C3([SiH3])CCCCO3)CCCCO2)cc1. The van der Waals surface area contributed by atoms with Crippen LogP contribution in [-0.2, 0) is 9.47 Å². The Kier molecular flexibility index (Phi) is 5.26. The highest BCUT2D eigenvalue weighted by Gasteiger charge is 2.61. The van der Waals surface area contributed by atoms with E-state index in [4.69, 9.17) is 14.2 Å². The zero-order valence-electron chi connectivity index (χ0n) is 15.7. The van der Waals surface area contributed by atoms with E-state index in [-0.39, 0.29) is 10.4 Å². The van der Waals surface area contributed by atoms with Crippen molar-refractivity contribution in [2.24, 2.45) is 0 Å². The zero-order valence-corrected chi connectivity index (χ0v) is 18.7. The first kappa shape index (κ1) is 18.2. The molecule has 0 aliphatic carbocycles. The quantitative estimate of drug-likeness (QED) is 0.768. The molecule has 2 heterocycles. The minimum Gasteiger partial charge on any atom is -0.497 e. The van der Waals surface area contributed by atoms with Crippen molar-refractivity contribution in [2.75, 3.05) is 20.3 Å². The molecule has 2 saturated heterocycles. The second-order valence-electron chi connectivity index (χ2n) is 8.02. The molecule has 1 aromatic rings. The van der Waals surface area contributed by atoms with Crippen LogP contribution in [0.15, 0.2) is 24.3 Å². The Morgan fingerprint density at radius 1 is 0.958 bits per heavy atom. The van der Waals surface area contributed by atoms with Gasteiger partial charge in [-0.2, -0.15) is 0 Å². The molecule has 0 bridgehead atoms. The topological polar surface area (TPSA) is 27.7 Å². The van der Waals surface area contributed by atoms with Crippen LogP contribution in [0, 0.1) is 0 Å². The molecule has 1 aromatic carbocycles. The summed E-state index contributed by atoms with van der Waals surface area (Å²) in [4.78, 5) is 0. The second-order valence-corrected chi connectivity index (χ2v) is 14.3. The van der Waals surface area contributed by atoms with Crippen molar-refractivity contribution < 1.29 is 14.2 Å². The first-order valence-corrected chi connectivity index (χ1v) is 13.4. The molecule has 5 heteroatoms. The average molecular weight is 365 g/mol. The van der Waals surface area contributed by atoms with Crippen molar-refractivity contribution >= 4 is 23.5 Å². The van der Waals surface area contributed by atoms with E-state index in [9.17, 15) is 0 Å². The molecule has 3 nitrogen and oxygen atoms in total. The molecule has 2 aliphatic rings. The van der Waals surface area contributed by atoms with Gasteiger partial charge in [0.2, 0.25) is 0 Å². The highest BCUT2D eigenvalue weighted by atomic mass is 28.3. The Balaban J connectivity index is 2.02. The highest BCUT2D eigenvalue weighted by molar-refractivity contribution is 6.92. The predicted octanol–water partition coefficient (Wildman–Crippen LogP) is 2.35. The molecule has 2 aliphatic heterocycles. The number of ether oxygens (including phenoxy) is 3.